The Kier molecular flexibility index (Phi) is 4.69. The van der Waals surface area contributed by atoms with Crippen molar-refractivity contribution in [3.63, 3.8) is 0 Å². The number of piperidine rings is 1. The molecule has 0 amide bonds. The third kappa shape index (κ3) is 3.34. The number of aryl methyl sites for hydroxylation is 1. The Morgan fingerprint density at radius 3 is 2.90 bits per heavy atom. The van der Waals surface area contributed by atoms with E-state index in [4.69, 9.17) is 0 Å². The van der Waals surface area contributed by atoms with Gasteiger partial charge in [-0.05, 0) is 50.8 Å². The summed E-state index contributed by atoms with van der Waals surface area (Å²) >= 11 is 0. The van der Waals surface area contributed by atoms with Gasteiger partial charge in [0.25, 0.3) is 0 Å². The van der Waals surface area contributed by atoms with Crippen LogP contribution in [0.15, 0.2) is 18.3 Å². The Morgan fingerprint density at radius 1 is 1.24 bits per heavy atom. The van der Waals surface area contributed by atoms with Crippen LogP contribution in [0.2, 0.25) is 0 Å². The number of rotatable bonds is 3. The molecule has 3 rings (SSSR count). The van der Waals surface area contributed by atoms with Crippen LogP contribution in [-0.4, -0.2) is 28.3 Å². The molecular formula is C18H26N2O. The lowest BCUT2D eigenvalue weighted by atomic mass is 9.79. The van der Waals surface area contributed by atoms with E-state index in [1.807, 2.05) is 12.3 Å². The van der Waals surface area contributed by atoms with E-state index in [-0.39, 0.29) is 5.92 Å². The van der Waals surface area contributed by atoms with Crippen LogP contribution in [0.4, 0.5) is 0 Å². The summed E-state index contributed by atoms with van der Waals surface area (Å²) in [5, 5.41) is 0. The fourth-order valence-electron chi connectivity index (χ4n) is 3.96. The van der Waals surface area contributed by atoms with Crippen molar-refractivity contribution in [2.45, 2.75) is 64.5 Å². The van der Waals surface area contributed by atoms with Gasteiger partial charge in [0.2, 0.25) is 0 Å². The first kappa shape index (κ1) is 14.7. The zero-order chi connectivity index (χ0) is 14.7. The SMILES string of the molecule is Cc1cccnc1CN1CCCCC1C1CCCCC1=O. The largest absolute Gasteiger partial charge is 0.299 e. The highest BCUT2D eigenvalue weighted by Gasteiger charge is 2.35. The predicted octanol–water partition coefficient (Wildman–Crippen LogP) is 3.50. The van der Waals surface area contributed by atoms with Crippen molar-refractivity contribution in [2.75, 3.05) is 6.54 Å². The van der Waals surface area contributed by atoms with Gasteiger partial charge >= 0.3 is 0 Å². The minimum Gasteiger partial charge on any atom is -0.299 e. The Bertz CT molecular complexity index is 500. The number of carbonyl (C=O) groups excluding carboxylic acids is 1. The molecule has 2 atom stereocenters. The van der Waals surface area contributed by atoms with E-state index in [9.17, 15) is 4.79 Å². The van der Waals surface area contributed by atoms with E-state index in [0.717, 1.165) is 32.4 Å². The average molecular weight is 286 g/mol. The van der Waals surface area contributed by atoms with Gasteiger partial charge in [0.1, 0.15) is 5.78 Å². The van der Waals surface area contributed by atoms with Gasteiger partial charge in [0, 0.05) is 31.1 Å². The molecule has 21 heavy (non-hydrogen) atoms. The number of nitrogens with zero attached hydrogens (tertiary/aromatic N) is 2. The van der Waals surface area contributed by atoms with Gasteiger partial charge in [-0.3, -0.25) is 14.7 Å². The Balaban J connectivity index is 1.75. The van der Waals surface area contributed by atoms with Crippen molar-refractivity contribution >= 4 is 5.78 Å². The van der Waals surface area contributed by atoms with Crippen molar-refractivity contribution in [1.29, 1.82) is 0 Å². The average Bonchev–Trinajstić information content (AvgIpc) is 2.51. The number of likely N-dealkylation sites (tertiary alicyclic amines) is 1. The molecule has 3 heteroatoms. The number of aromatic nitrogens is 1. The van der Waals surface area contributed by atoms with Crippen LogP contribution in [0.3, 0.4) is 0 Å². The monoisotopic (exact) mass is 286 g/mol. The lowest BCUT2D eigenvalue weighted by molar-refractivity contribution is -0.127. The number of Topliss-reactive ketones (excluding diaryl/α,β-unsaturated/α-hetero) is 1. The molecule has 2 fully saturated rings. The van der Waals surface area contributed by atoms with Crippen molar-refractivity contribution in [3.8, 4) is 0 Å². The standard InChI is InChI=1S/C18H26N2O/c1-14-7-6-11-19-16(14)13-20-12-5-4-9-17(20)15-8-2-3-10-18(15)21/h6-7,11,15,17H,2-5,8-10,12-13H2,1H3. The van der Waals surface area contributed by atoms with Crippen LogP contribution >= 0.6 is 0 Å². The third-order valence-electron chi connectivity index (χ3n) is 5.20. The molecule has 3 nitrogen and oxygen atoms in total. The third-order valence-corrected chi connectivity index (χ3v) is 5.20. The van der Waals surface area contributed by atoms with Crippen LogP contribution < -0.4 is 0 Å². The lowest BCUT2D eigenvalue weighted by Crippen LogP contribution is -2.47. The van der Waals surface area contributed by atoms with E-state index < -0.39 is 0 Å². The molecule has 1 saturated heterocycles. The highest BCUT2D eigenvalue weighted by Crippen LogP contribution is 2.32. The van der Waals surface area contributed by atoms with Gasteiger partial charge in [-0.25, -0.2) is 0 Å². The molecule has 0 bridgehead atoms. The van der Waals surface area contributed by atoms with Crippen LogP contribution in [0, 0.1) is 12.8 Å². The number of ketones is 1. The smallest absolute Gasteiger partial charge is 0.137 e. The molecule has 2 unspecified atom stereocenters. The number of pyridine rings is 1. The zero-order valence-corrected chi connectivity index (χ0v) is 13.1. The summed E-state index contributed by atoms with van der Waals surface area (Å²) in [5.41, 5.74) is 2.43. The minimum absolute atomic E-state index is 0.281. The molecule has 0 N–H and O–H groups in total. The summed E-state index contributed by atoms with van der Waals surface area (Å²) in [6, 6.07) is 4.58. The molecule has 0 aromatic carbocycles. The van der Waals surface area contributed by atoms with Gasteiger partial charge in [0.05, 0.1) is 5.69 Å². The van der Waals surface area contributed by atoms with Gasteiger partial charge in [-0.1, -0.05) is 18.9 Å². The Hall–Kier alpha value is -1.22. The lowest BCUT2D eigenvalue weighted by Gasteiger charge is -2.41. The summed E-state index contributed by atoms with van der Waals surface area (Å²) in [6.45, 7) is 4.15. The minimum atomic E-state index is 0.281. The summed E-state index contributed by atoms with van der Waals surface area (Å²) in [6.07, 6.45) is 9.81. The second kappa shape index (κ2) is 6.69. The maximum Gasteiger partial charge on any atom is 0.137 e. The summed E-state index contributed by atoms with van der Waals surface area (Å²) in [7, 11) is 0. The van der Waals surface area contributed by atoms with Crippen LogP contribution in [0.25, 0.3) is 0 Å². The molecule has 1 aromatic heterocycles. The zero-order valence-electron chi connectivity index (χ0n) is 13.1. The van der Waals surface area contributed by atoms with Crippen molar-refractivity contribution in [1.82, 2.24) is 9.88 Å². The first-order valence-electron chi connectivity index (χ1n) is 8.43. The van der Waals surface area contributed by atoms with Crippen molar-refractivity contribution in [3.05, 3.63) is 29.6 Å². The molecule has 1 aliphatic heterocycles. The molecule has 1 aliphatic carbocycles. The van der Waals surface area contributed by atoms with Gasteiger partial charge in [-0.15, -0.1) is 0 Å². The first-order valence-corrected chi connectivity index (χ1v) is 8.43. The van der Waals surface area contributed by atoms with E-state index in [1.165, 1.54) is 36.9 Å². The number of hydrogen-bond donors (Lipinski definition) is 0. The molecule has 114 valence electrons. The molecule has 0 radical (unpaired) electrons. The maximum atomic E-state index is 12.3. The summed E-state index contributed by atoms with van der Waals surface area (Å²) in [5.74, 6) is 0.791. The van der Waals surface area contributed by atoms with Crippen LogP contribution in [-0.2, 0) is 11.3 Å². The van der Waals surface area contributed by atoms with Gasteiger partial charge in [0.15, 0.2) is 0 Å². The van der Waals surface area contributed by atoms with E-state index >= 15 is 0 Å². The fraction of sp³-hybridized carbons (Fsp3) is 0.667. The summed E-state index contributed by atoms with van der Waals surface area (Å²) < 4.78 is 0. The van der Waals surface area contributed by atoms with Gasteiger partial charge in [-0.2, -0.15) is 0 Å². The Labute approximate surface area is 127 Å². The van der Waals surface area contributed by atoms with E-state index in [2.05, 4.69) is 22.9 Å². The fourth-order valence-corrected chi connectivity index (χ4v) is 3.96. The molecule has 2 aliphatic rings. The summed E-state index contributed by atoms with van der Waals surface area (Å²) in [4.78, 5) is 19.4. The normalized spacial score (nSPS) is 27.8. The van der Waals surface area contributed by atoms with Crippen molar-refractivity contribution < 1.29 is 4.79 Å². The molecule has 2 heterocycles. The predicted molar refractivity (Wildman–Crippen MR) is 84.0 cm³/mol. The molecule has 1 aromatic rings. The highest BCUT2D eigenvalue weighted by molar-refractivity contribution is 5.82. The quantitative estimate of drug-likeness (QED) is 0.852. The molecular weight excluding hydrogens is 260 g/mol. The van der Waals surface area contributed by atoms with E-state index in [1.54, 1.807) is 0 Å². The Morgan fingerprint density at radius 2 is 2.10 bits per heavy atom. The first-order chi connectivity index (χ1) is 10.3. The topological polar surface area (TPSA) is 33.2 Å². The van der Waals surface area contributed by atoms with Gasteiger partial charge < -0.3 is 0 Å². The second-order valence-corrected chi connectivity index (χ2v) is 6.62. The molecule has 1 saturated carbocycles. The highest BCUT2D eigenvalue weighted by atomic mass is 16.1. The molecule has 0 spiro atoms. The van der Waals surface area contributed by atoms with Crippen molar-refractivity contribution in [2.24, 2.45) is 5.92 Å². The number of carbonyl (C=O) groups is 1. The second-order valence-electron chi connectivity index (χ2n) is 6.62. The van der Waals surface area contributed by atoms with E-state index in [0.29, 0.717) is 11.8 Å². The number of hydrogen-bond acceptors (Lipinski definition) is 3. The van der Waals surface area contributed by atoms with Crippen LogP contribution in [0.1, 0.15) is 56.2 Å². The maximum absolute atomic E-state index is 12.3. The van der Waals surface area contributed by atoms with Crippen LogP contribution in [0.5, 0.6) is 0 Å².